The average molecular weight is 569 g/mol. The molecule has 0 atom stereocenters. The van der Waals surface area contributed by atoms with Crippen LogP contribution in [0.25, 0.3) is 0 Å². The number of piperidine rings is 2. The Morgan fingerprint density at radius 3 is 1.87 bits per heavy atom. The fraction of sp³-hybridized carbons (Fsp3) is 0.944. The van der Waals surface area contributed by atoms with Gasteiger partial charge in [-0.05, 0) is 63.6 Å². The third-order valence-corrected chi connectivity index (χ3v) is 7.42. The van der Waals surface area contributed by atoms with Crippen molar-refractivity contribution in [2.75, 3.05) is 52.9 Å². The molecule has 2 aliphatic heterocycles. The Bertz CT molecular complexity index is 632. The molecular formula is C18H35F3IN5O2S. The van der Waals surface area contributed by atoms with Gasteiger partial charge >= 0.3 is 15.5 Å². The first-order chi connectivity index (χ1) is 13.7. The number of hydrogen-bond donors (Lipinski definition) is 2. The van der Waals surface area contributed by atoms with Gasteiger partial charge in [0.05, 0.1) is 0 Å². The molecule has 7 nitrogen and oxygen atoms in total. The summed E-state index contributed by atoms with van der Waals surface area (Å²) in [6, 6.07) is 0. The number of guanidine groups is 1. The zero-order chi connectivity index (χ0) is 21.5. The third kappa shape index (κ3) is 7.97. The van der Waals surface area contributed by atoms with Crippen molar-refractivity contribution in [2.45, 2.75) is 44.5 Å². The van der Waals surface area contributed by atoms with Gasteiger partial charge in [0, 0.05) is 33.2 Å². The molecule has 2 rings (SSSR count). The van der Waals surface area contributed by atoms with Crippen LogP contribution in [0.3, 0.4) is 0 Å². The van der Waals surface area contributed by atoms with Crippen molar-refractivity contribution >= 4 is 40.0 Å². The standard InChI is InChI=1S/C18H34F3N5O2S.HI/c1-3-8-25-9-4-15(5-10-25)13-23-17(22-2)24-14-16-6-11-26(12-7-16)29(27,28)18(19,20)21;/h15-16H,3-14H2,1-2H3,(H2,22,23,24);1H. The van der Waals surface area contributed by atoms with E-state index in [4.69, 9.17) is 0 Å². The predicted octanol–water partition coefficient (Wildman–Crippen LogP) is 2.45. The number of sulfonamides is 1. The summed E-state index contributed by atoms with van der Waals surface area (Å²) in [6.45, 7) is 6.83. The minimum atomic E-state index is -5.23. The lowest BCUT2D eigenvalue weighted by atomic mass is 9.96. The van der Waals surface area contributed by atoms with Crippen molar-refractivity contribution < 1.29 is 21.6 Å². The minimum absolute atomic E-state index is 0. The fourth-order valence-corrected chi connectivity index (χ4v) is 4.92. The Kier molecular flexibility index (Phi) is 11.7. The normalized spacial score (nSPS) is 21.3. The maximum Gasteiger partial charge on any atom is 0.511 e. The van der Waals surface area contributed by atoms with Gasteiger partial charge in [-0.3, -0.25) is 4.99 Å². The van der Waals surface area contributed by atoms with Gasteiger partial charge in [0.2, 0.25) is 0 Å². The summed E-state index contributed by atoms with van der Waals surface area (Å²) in [7, 11) is -3.52. The van der Waals surface area contributed by atoms with Crippen LogP contribution in [0.2, 0.25) is 0 Å². The molecular weight excluding hydrogens is 534 g/mol. The first kappa shape index (κ1) is 27.7. The molecule has 2 saturated heterocycles. The molecule has 0 aromatic rings. The highest BCUT2D eigenvalue weighted by atomic mass is 127. The molecule has 0 saturated carbocycles. The van der Waals surface area contributed by atoms with Gasteiger partial charge in [0.15, 0.2) is 5.96 Å². The van der Waals surface area contributed by atoms with Crippen LogP contribution in [0.1, 0.15) is 39.0 Å². The SMILES string of the molecule is CCCN1CCC(CNC(=NC)NCC2CCN(S(=O)(=O)C(F)(F)F)CC2)CC1.I. The lowest BCUT2D eigenvalue weighted by Gasteiger charge is -2.33. The summed E-state index contributed by atoms with van der Waals surface area (Å²) in [6.07, 6.45) is 4.30. The minimum Gasteiger partial charge on any atom is -0.356 e. The molecule has 2 heterocycles. The summed E-state index contributed by atoms with van der Waals surface area (Å²) in [5.41, 5.74) is -5.23. The summed E-state index contributed by atoms with van der Waals surface area (Å²) in [5, 5.41) is 6.57. The maximum absolute atomic E-state index is 12.6. The molecule has 2 N–H and O–H groups in total. The van der Waals surface area contributed by atoms with Gasteiger partial charge in [-0.15, -0.1) is 24.0 Å². The quantitative estimate of drug-likeness (QED) is 0.280. The first-order valence-electron chi connectivity index (χ1n) is 10.4. The van der Waals surface area contributed by atoms with Crippen LogP contribution in [-0.2, 0) is 10.0 Å². The van der Waals surface area contributed by atoms with E-state index in [-0.39, 0.29) is 43.0 Å². The van der Waals surface area contributed by atoms with E-state index in [2.05, 4.69) is 27.4 Å². The number of nitrogens with one attached hydrogen (secondary N) is 2. The van der Waals surface area contributed by atoms with Crippen LogP contribution >= 0.6 is 24.0 Å². The molecule has 0 aromatic carbocycles. The zero-order valence-corrected chi connectivity index (χ0v) is 20.9. The average Bonchev–Trinajstić information content (AvgIpc) is 2.69. The summed E-state index contributed by atoms with van der Waals surface area (Å²) < 4.78 is 61.4. The van der Waals surface area contributed by atoms with E-state index in [1.807, 2.05) is 0 Å². The number of aliphatic imine (C=N–C) groups is 1. The van der Waals surface area contributed by atoms with E-state index in [0.29, 0.717) is 35.6 Å². The molecule has 0 aromatic heterocycles. The first-order valence-corrected chi connectivity index (χ1v) is 11.8. The molecule has 0 bridgehead atoms. The Hall–Kier alpha value is -0.340. The van der Waals surface area contributed by atoms with E-state index >= 15 is 0 Å². The Morgan fingerprint density at radius 1 is 1.00 bits per heavy atom. The topological polar surface area (TPSA) is 77.0 Å². The van der Waals surface area contributed by atoms with Crippen molar-refractivity contribution in [3.05, 3.63) is 0 Å². The van der Waals surface area contributed by atoms with Crippen LogP contribution in [0.15, 0.2) is 4.99 Å². The van der Waals surface area contributed by atoms with Gasteiger partial charge in [0.1, 0.15) is 0 Å². The highest BCUT2D eigenvalue weighted by molar-refractivity contribution is 14.0. The van der Waals surface area contributed by atoms with E-state index < -0.39 is 15.5 Å². The smallest absolute Gasteiger partial charge is 0.356 e. The fourth-order valence-electron chi connectivity index (χ4n) is 3.93. The Balaban J connectivity index is 0.00000450. The lowest BCUT2D eigenvalue weighted by molar-refractivity contribution is -0.0496. The van der Waals surface area contributed by atoms with Gasteiger partial charge in [-0.25, -0.2) is 8.42 Å². The lowest BCUT2D eigenvalue weighted by Crippen LogP contribution is -2.48. The van der Waals surface area contributed by atoms with Crippen LogP contribution in [0.4, 0.5) is 13.2 Å². The second-order valence-corrected chi connectivity index (χ2v) is 9.84. The maximum atomic E-state index is 12.6. The monoisotopic (exact) mass is 569 g/mol. The number of alkyl halides is 3. The number of rotatable bonds is 7. The number of likely N-dealkylation sites (tertiary alicyclic amines) is 1. The summed E-state index contributed by atoms with van der Waals surface area (Å²) in [5.74, 6) is 1.41. The molecule has 0 amide bonds. The van der Waals surface area contributed by atoms with E-state index in [1.165, 1.54) is 6.42 Å². The van der Waals surface area contributed by atoms with Crippen molar-refractivity contribution in [3.63, 3.8) is 0 Å². The van der Waals surface area contributed by atoms with E-state index in [1.54, 1.807) is 7.05 Å². The van der Waals surface area contributed by atoms with Crippen LogP contribution in [-0.4, -0.2) is 82.0 Å². The highest BCUT2D eigenvalue weighted by Crippen LogP contribution is 2.30. The van der Waals surface area contributed by atoms with Crippen molar-refractivity contribution in [1.82, 2.24) is 19.8 Å². The van der Waals surface area contributed by atoms with Gasteiger partial charge in [-0.1, -0.05) is 6.92 Å². The second kappa shape index (κ2) is 12.6. The van der Waals surface area contributed by atoms with E-state index in [0.717, 1.165) is 39.0 Å². The number of halogens is 4. The van der Waals surface area contributed by atoms with Gasteiger partial charge in [0.25, 0.3) is 0 Å². The molecule has 12 heteroatoms. The molecule has 0 spiro atoms. The largest absolute Gasteiger partial charge is 0.511 e. The van der Waals surface area contributed by atoms with Crippen molar-refractivity contribution in [1.29, 1.82) is 0 Å². The zero-order valence-electron chi connectivity index (χ0n) is 17.7. The Labute approximate surface area is 195 Å². The molecule has 178 valence electrons. The molecule has 30 heavy (non-hydrogen) atoms. The summed E-state index contributed by atoms with van der Waals surface area (Å²) >= 11 is 0. The molecule has 0 unspecified atom stereocenters. The summed E-state index contributed by atoms with van der Waals surface area (Å²) in [4.78, 5) is 6.71. The van der Waals surface area contributed by atoms with Crippen molar-refractivity contribution in [2.24, 2.45) is 16.8 Å². The molecule has 0 radical (unpaired) electrons. The van der Waals surface area contributed by atoms with Gasteiger partial charge in [-0.2, -0.15) is 17.5 Å². The van der Waals surface area contributed by atoms with Crippen molar-refractivity contribution in [3.8, 4) is 0 Å². The van der Waals surface area contributed by atoms with E-state index in [9.17, 15) is 21.6 Å². The molecule has 0 aliphatic carbocycles. The van der Waals surface area contributed by atoms with Crippen LogP contribution in [0, 0.1) is 11.8 Å². The predicted molar refractivity (Wildman–Crippen MR) is 124 cm³/mol. The number of hydrogen-bond acceptors (Lipinski definition) is 4. The third-order valence-electron chi connectivity index (χ3n) is 5.79. The second-order valence-electron chi connectivity index (χ2n) is 7.91. The number of nitrogens with zero attached hydrogens (tertiary/aromatic N) is 3. The van der Waals surface area contributed by atoms with Crippen LogP contribution < -0.4 is 10.6 Å². The van der Waals surface area contributed by atoms with Gasteiger partial charge < -0.3 is 15.5 Å². The van der Waals surface area contributed by atoms with Crippen LogP contribution in [0.5, 0.6) is 0 Å². The molecule has 2 fully saturated rings. The highest BCUT2D eigenvalue weighted by Gasteiger charge is 2.50. The molecule has 2 aliphatic rings. The Morgan fingerprint density at radius 2 is 1.47 bits per heavy atom.